The second kappa shape index (κ2) is 7.13. The molecule has 0 radical (unpaired) electrons. The van der Waals surface area contributed by atoms with E-state index in [2.05, 4.69) is 18.9 Å². The van der Waals surface area contributed by atoms with E-state index in [4.69, 9.17) is 15.2 Å². The van der Waals surface area contributed by atoms with Gasteiger partial charge in [0.2, 0.25) is 0 Å². The van der Waals surface area contributed by atoms with Crippen LogP contribution in [0.15, 0.2) is 30.5 Å². The molecule has 5 nitrogen and oxygen atoms in total. The largest absolute Gasteiger partial charge is 0.497 e. The third-order valence-electron chi connectivity index (χ3n) is 3.58. The molecular formula is C16H23N3O2. The van der Waals surface area contributed by atoms with Crippen molar-refractivity contribution >= 4 is 0 Å². The van der Waals surface area contributed by atoms with E-state index in [-0.39, 0.29) is 0 Å². The van der Waals surface area contributed by atoms with Crippen molar-refractivity contribution in [2.45, 2.75) is 39.5 Å². The van der Waals surface area contributed by atoms with Gasteiger partial charge in [0.1, 0.15) is 18.1 Å². The quantitative estimate of drug-likeness (QED) is 0.851. The molecule has 1 aromatic heterocycles. The number of hydrogen-bond donors (Lipinski definition) is 1. The summed E-state index contributed by atoms with van der Waals surface area (Å²) in [7, 11) is 1.63. The molecular weight excluding hydrogens is 266 g/mol. The smallest absolute Gasteiger partial charge is 0.132 e. The summed E-state index contributed by atoms with van der Waals surface area (Å²) in [6, 6.07) is 8.04. The molecule has 2 rings (SSSR count). The SMILES string of the molecule is CCC(C)n1ccc(COc2cc(OC)ccc2CN)n1. The first-order valence-electron chi connectivity index (χ1n) is 7.21. The molecule has 0 saturated heterocycles. The number of nitrogens with zero attached hydrogens (tertiary/aromatic N) is 2. The van der Waals surface area contributed by atoms with Crippen LogP contribution in [0.3, 0.4) is 0 Å². The van der Waals surface area contributed by atoms with Crippen molar-refractivity contribution in [3.63, 3.8) is 0 Å². The van der Waals surface area contributed by atoms with Gasteiger partial charge in [0, 0.05) is 30.4 Å². The van der Waals surface area contributed by atoms with Crippen LogP contribution in [0.4, 0.5) is 0 Å². The lowest BCUT2D eigenvalue weighted by Crippen LogP contribution is -2.07. The highest BCUT2D eigenvalue weighted by Gasteiger charge is 2.08. The monoisotopic (exact) mass is 289 g/mol. The van der Waals surface area contributed by atoms with Gasteiger partial charge in [-0.05, 0) is 25.5 Å². The Hall–Kier alpha value is -2.01. The standard InChI is InChI=1S/C16H23N3O2/c1-4-12(2)19-8-7-14(18-19)11-21-16-9-15(20-3)6-5-13(16)10-17/h5-9,12H,4,10-11,17H2,1-3H3. The van der Waals surface area contributed by atoms with Gasteiger partial charge in [-0.1, -0.05) is 13.0 Å². The molecule has 5 heteroatoms. The number of nitrogens with two attached hydrogens (primary N) is 1. The maximum absolute atomic E-state index is 5.85. The number of benzene rings is 1. The Labute approximate surface area is 125 Å². The highest BCUT2D eigenvalue weighted by molar-refractivity contribution is 5.40. The zero-order valence-electron chi connectivity index (χ0n) is 12.9. The average Bonchev–Trinajstić information content (AvgIpc) is 3.00. The van der Waals surface area contributed by atoms with E-state index in [1.54, 1.807) is 7.11 Å². The fourth-order valence-electron chi connectivity index (χ4n) is 2.00. The molecule has 1 heterocycles. The summed E-state index contributed by atoms with van der Waals surface area (Å²) >= 11 is 0. The van der Waals surface area contributed by atoms with Crippen molar-refractivity contribution in [3.8, 4) is 11.5 Å². The highest BCUT2D eigenvalue weighted by Crippen LogP contribution is 2.25. The molecule has 0 amide bonds. The van der Waals surface area contributed by atoms with Gasteiger partial charge < -0.3 is 15.2 Å². The molecule has 1 unspecified atom stereocenters. The van der Waals surface area contributed by atoms with Gasteiger partial charge in [0.25, 0.3) is 0 Å². The van der Waals surface area contributed by atoms with E-state index >= 15 is 0 Å². The van der Waals surface area contributed by atoms with Gasteiger partial charge in [-0.25, -0.2) is 0 Å². The van der Waals surface area contributed by atoms with Gasteiger partial charge in [-0.15, -0.1) is 0 Å². The Morgan fingerprint density at radius 2 is 2.14 bits per heavy atom. The molecule has 0 bridgehead atoms. The van der Waals surface area contributed by atoms with Crippen molar-refractivity contribution in [3.05, 3.63) is 41.7 Å². The molecule has 0 spiro atoms. The average molecular weight is 289 g/mol. The van der Waals surface area contributed by atoms with E-state index in [9.17, 15) is 0 Å². The Morgan fingerprint density at radius 3 is 2.81 bits per heavy atom. The van der Waals surface area contributed by atoms with E-state index in [1.165, 1.54) is 0 Å². The van der Waals surface area contributed by atoms with E-state index in [0.29, 0.717) is 19.2 Å². The second-order valence-corrected chi connectivity index (χ2v) is 5.01. The van der Waals surface area contributed by atoms with Crippen molar-refractivity contribution in [2.24, 2.45) is 5.73 Å². The first-order chi connectivity index (χ1) is 10.2. The summed E-state index contributed by atoms with van der Waals surface area (Å²) in [5, 5.41) is 4.52. The molecule has 0 aliphatic carbocycles. The summed E-state index contributed by atoms with van der Waals surface area (Å²) in [6.45, 7) is 5.14. The van der Waals surface area contributed by atoms with Gasteiger partial charge in [0.15, 0.2) is 0 Å². The van der Waals surface area contributed by atoms with Gasteiger partial charge in [0.05, 0.1) is 12.8 Å². The maximum Gasteiger partial charge on any atom is 0.132 e. The van der Waals surface area contributed by atoms with Crippen LogP contribution in [-0.2, 0) is 13.2 Å². The summed E-state index contributed by atoms with van der Waals surface area (Å²) in [5.41, 5.74) is 7.59. The fraction of sp³-hybridized carbons (Fsp3) is 0.438. The molecule has 114 valence electrons. The second-order valence-electron chi connectivity index (χ2n) is 5.01. The van der Waals surface area contributed by atoms with Crippen LogP contribution in [0.2, 0.25) is 0 Å². The molecule has 0 aliphatic heterocycles. The first kappa shape index (κ1) is 15.4. The molecule has 1 atom stereocenters. The third-order valence-corrected chi connectivity index (χ3v) is 3.58. The normalized spacial score (nSPS) is 12.2. The zero-order valence-corrected chi connectivity index (χ0v) is 12.9. The molecule has 0 saturated carbocycles. The lowest BCUT2D eigenvalue weighted by molar-refractivity contribution is 0.293. The minimum Gasteiger partial charge on any atom is -0.497 e. The fourth-order valence-corrected chi connectivity index (χ4v) is 2.00. The molecule has 2 aromatic rings. The minimum atomic E-state index is 0.398. The minimum absolute atomic E-state index is 0.398. The van der Waals surface area contributed by atoms with E-state index < -0.39 is 0 Å². The van der Waals surface area contributed by atoms with Crippen molar-refractivity contribution in [1.29, 1.82) is 0 Å². The van der Waals surface area contributed by atoms with Crippen LogP contribution >= 0.6 is 0 Å². The van der Waals surface area contributed by atoms with Crippen molar-refractivity contribution in [2.75, 3.05) is 7.11 Å². The Kier molecular flexibility index (Phi) is 5.22. The van der Waals surface area contributed by atoms with Crippen LogP contribution in [0.1, 0.15) is 37.6 Å². The summed E-state index contributed by atoms with van der Waals surface area (Å²) in [6.07, 6.45) is 3.04. The predicted octanol–water partition coefficient (Wildman–Crippen LogP) is 2.90. The number of hydrogen-bond acceptors (Lipinski definition) is 4. The maximum atomic E-state index is 5.85. The molecule has 21 heavy (non-hydrogen) atoms. The molecule has 0 aliphatic rings. The van der Waals surface area contributed by atoms with Gasteiger partial charge in [-0.2, -0.15) is 5.10 Å². The topological polar surface area (TPSA) is 62.3 Å². The van der Waals surface area contributed by atoms with Crippen LogP contribution in [0, 0.1) is 0 Å². The van der Waals surface area contributed by atoms with Gasteiger partial charge in [-0.3, -0.25) is 4.68 Å². The Morgan fingerprint density at radius 1 is 1.33 bits per heavy atom. The number of aromatic nitrogens is 2. The van der Waals surface area contributed by atoms with Crippen LogP contribution < -0.4 is 15.2 Å². The number of rotatable bonds is 7. The third kappa shape index (κ3) is 3.76. The Balaban J connectivity index is 2.07. The summed E-state index contributed by atoms with van der Waals surface area (Å²) in [4.78, 5) is 0. The van der Waals surface area contributed by atoms with Crippen LogP contribution in [0.5, 0.6) is 11.5 Å². The highest BCUT2D eigenvalue weighted by atomic mass is 16.5. The van der Waals surface area contributed by atoms with Crippen LogP contribution in [0.25, 0.3) is 0 Å². The number of methoxy groups -OCH3 is 1. The summed E-state index contributed by atoms with van der Waals surface area (Å²) in [5.74, 6) is 1.50. The predicted molar refractivity (Wildman–Crippen MR) is 82.4 cm³/mol. The van der Waals surface area contributed by atoms with Crippen molar-refractivity contribution < 1.29 is 9.47 Å². The molecule has 2 N–H and O–H groups in total. The zero-order chi connectivity index (χ0) is 15.2. The lowest BCUT2D eigenvalue weighted by Gasteiger charge is -2.11. The van der Waals surface area contributed by atoms with Crippen molar-refractivity contribution in [1.82, 2.24) is 9.78 Å². The van der Waals surface area contributed by atoms with E-state index in [1.807, 2.05) is 35.1 Å². The van der Waals surface area contributed by atoms with E-state index in [0.717, 1.165) is 29.2 Å². The molecule has 1 aromatic carbocycles. The number of ether oxygens (including phenoxy) is 2. The van der Waals surface area contributed by atoms with Gasteiger partial charge >= 0.3 is 0 Å². The Bertz CT molecular complexity index is 581. The first-order valence-corrected chi connectivity index (χ1v) is 7.21. The lowest BCUT2D eigenvalue weighted by atomic mass is 10.2. The molecule has 0 fully saturated rings. The van der Waals surface area contributed by atoms with Crippen LogP contribution in [-0.4, -0.2) is 16.9 Å². The summed E-state index contributed by atoms with van der Waals surface area (Å²) < 4.78 is 13.0.